The van der Waals surface area contributed by atoms with E-state index in [2.05, 4.69) is 26.1 Å². The second-order valence-electron chi connectivity index (χ2n) is 7.76. The highest BCUT2D eigenvalue weighted by Crippen LogP contribution is 2.31. The summed E-state index contributed by atoms with van der Waals surface area (Å²) in [5.41, 5.74) is 1.94. The molecule has 0 aromatic heterocycles. The zero-order valence-electron chi connectivity index (χ0n) is 15.2. The van der Waals surface area contributed by atoms with Crippen molar-refractivity contribution in [1.29, 1.82) is 0 Å². The van der Waals surface area contributed by atoms with Crippen LogP contribution in [-0.4, -0.2) is 16.8 Å². The van der Waals surface area contributed by atoms with Crippen LogP contribution in [0.5, 0.6) is 0 Å². The highest BCUT2D eigenvalue weighted by atomic mass is 16.2. The molecule has 2 aromatic rings. The van der Waals surface area contributed by atoms with Crippen LogP contribution < -0.4 is 5.32 Å². The van der Waals surface area contributed by atoms with Crippen molar-refractivity contribution in [1.82, 2.24) is 10.2 Å². The Bertz CT molecular complexity index is 791. The Morgan fingerprint density at radius 2 is 1.56 bits per heavy atom. The molecule has 130 valence electrons. The largest absolute Gasteiger partial charge is 0.325 e. The third-order valence-electron chi connectivity index (χ3n) is 4.79. The third-order valence-corrected chi connectivity index (χ3v) is 4.79. The van der Waals surface area contributed by atoms with Gasteiger partial charge in [-0.3, -0.25) is 9.69 Å². The van der Waals surface area contributed by atoms with Gasteiger partial charge in [-0.2, -0.15) is 0 Å². The van der Waals surface area contributed by atoms with Gasteiger partial charge in [-0.25, -0.2) is 4.79 Å². The van der Waals surface area contributed by atoms with Gasteiger partial charge in [0.2, 0.25) is 0 Å². The molecule has 0 bridgehead atoms. The third kappa shape index (κ3) is 3.16. The smallest absolute Gasteiger partial charge is 0.319 e. The SMILES string of the molecule is CC(C)(C)c1ccc(C2(C)NC(=O)N(Cc3ccccc3)C2=O)cc1. The fourth-order valence-electron chi connectivity index (χ4n) is 3.11. The quantitative estimate of drug-likeness (QED) is 0.863. The summed E-state index contributed by atoms with van der Waals surface area (Å²) in [5, 5.41) is 2.86. The number of hydrogen-bond acceptors (Lipinski definition) is 2. The summed E-state index contributed by atoms with van der Waals surface area (Å²) in [4.78, 5) is 26.6. The first-order chi connectivity index (χ1) is 11.7. The van der Waals surface area contributed by atoms with Gasteiger partial charge in [-0.15, -0.1) is 0 Å². The minimum absolute atomic E-state index is 0.0434. The van der Waals surface area contributed by atoms with Crippen molar-refractivity contribution in [3.05, 3.63) is 71.3 Å². The van der Waals surface area contributed by atoms with Gasteiger partial charge in [0, 0.05) is 0 Å². The predicted molar refractivity (Wildman–Crippen MR) is 98.0 cm³/mol. The van der Waals surface area contributed by atoms with Gasteiger partial charge >= 0.3 is 6.03 Å². The number of nitrogens with zero attached hydrogens (tertiary/aromatic N) is 1. The van der Waals surface area contributed by atoms with Gasteiger partial charge in [0.05, 0.1) is 6.54 Å². The average Bonchev–Trinajstić information content (AvgIpc) is 2.79. The van der Waals surface area contributed by atoms with E-state index in [1.807, 2.05) is 54.6 Å². The van der Waals surface area contributed by atoms with Crippen LogP contribution in [0.4, 0.5) is 4.79 Å². The van der Waals surface area contributed by atoms with E-state index in [9.17, 15) is 9.59 Å². The molecule has 2 aromatic carbocycles. The Morgan fingerprint density at radius 1 is 0.960 bits per heavy atom. The van der Waals surface area contributed by atoms with Gasteiger partial charge < -0.3 is 5.32 Å². The van der Waals surface area contributed by atoms with Crippen LogP contribution in [0.25, 0.3) is 0 Å². The molecule has 1 aliphatic heterocycles. The molecule has 1 atom stereocenters. The highest BCUT2D eigenvalue weighted by molar-refractivity contribution is 6.07. The van der Waals surface area contributed by atoms with E-state index in [0.717, 1.165) is 11.1 Å². The van der Waals surface area contributed by atoms with Crippen molar-refractivity contribution in [3.63, 3.8) is 0 Å². The summed E-state index contributed by atoms with van der Waals surface area (Å²) < 4.78 is 0. The highest BCUT2D eigenvalue weighted by Gasteiger charge is 2.48. The average molecular weight is 336 g/mol. The fourth-order valence-corrected chi connectivity index (χ4v) is 3.11. The topological polar surface area (TPSA) is 49.4 Å². The number of rotatable bonds is 3. The molecular formula is C21H24N2O2. The summed E-state index contributed by atoms with van der Waals surface area (Å²) >= 11 is 0. The maximum absolute atomic E-state index is 13.0. The van der Waals surface area contributed by atoms with Gasteiger partial charge in [0.1, 0.15) is 5.54 Å². The number of carbonyl (C=O) groups is 2. The molecule has 3 amide bonds. The Balaban J connectivity index is 1.87. The molecule has 3 rings (SSSR count). The van der Waals surface area contributed by atoms with Gasteiger partial charge in [0.15, 0.2) is 0 Å². The van der Waals surface area contributed by atoms with Crippen LogP contribution in [0.15, 0.2) is 54.6 Å². The summed E-state index contributed by atoms with van der Waals surface area (Å²) in [6.45, 7) is 8.49. The number of imide groups is 1. The Hall–Kier alpha value is -2.62. The van der Waals surface area contributed by atoms with Crippen molar-refractivity contribution in [2.24, 2.45) is 0 Å². The Labute approximate surface area is 148 Å². The molecule has 1 saturated heterocycles. The zero-order chi connectivity index (χ0) is 18.2. The van der Waals surface area contributed by atoms with E-state index in [1.54, 1.807) is 6.92 Å². The molecule has 1 unspecified atom stereocenters. The molecule has 1 aliphatic rings. The molecule has 25 heavy (non-hydrogen) atoms. The first-order valence-electron chi connectivity index (χ1n) is 8.51. The van der Waals surface area contributed by atoms with Crippen LogP contribution in [0.1, 0.15) is 44.4 Å². The maximum Gasteiger partial charge on any atom is 0.325 e. The second-order valence-corrected chi connectivity index (χ2v) is 7.76. The lowest BCUT2D eigenvalue weighted by atomic mass is 9.84. The van der Waals surface area contributed by atoms with Crippen LogP contribution in [0, 0.1) is 0 Å². The van der Waals surface area contributed by atoms with E-state index in [4.69, 9.17) is 0 Å². The van der Waals surface area contributed by atoms with E-state index in [1.165, 1.54) is 10.5 Å². The van der Waals surface area contributed by atoms with E-state index in [-0.39, 0.29) is 23.9 Å². The van der Waals surface area contributed by atoms with Crippen molar-refractivity contribution in [3.8, 4) is 0 Å². The Kier molecular flexibility index (Phi) is 4.15. The van der Waals surface area contributed by atoms with E-state index < -0.39 is 5.54 Å². The normalized spacial score (nSPS) is 20.7. The van der Waals surface area contributed by atoms with Crippen LogP contribution in [-0.2, 0) is 22.3 Å². The van der Waals surface area contributed by atoms with Crippen molar-refractivity contribution in [2.75, 3.05) is 0 Å². The predicted octanol–water partition coefficient (Wildman–Crippen LogP) is 3.95. The number of hydrogen-bond donors (Lipinski definition) is 1. The minimum atomic E-state index is -1.03. The van der Waals surface area contributed by atoms with Gasteiger partial charge in [-0.05, 0) is 29.0 Å². The van der Waals surface area contributed by atoms with Crippen molar-refractivity contribution >= 4 is 11.9 Å². The molecular weight excluding hydrogens is 312 g/mol. The summed E-state index contributed by atoms with van der Waals surface area (Å²) in [6, 6.07) is 17.1. The fraction of sp³-hybridized carbons (Fsp3) is 0.333. The van der Waals surface area contributed by atoms with E-state index >= 15 is 0 Å². The molecule has 0 aliphatic carbocycles. The second kappa shape index (κ2) is 6.03. The van der Waals surface area contributed by atoms with Crippen molar-refractivity contribution < 1.29 is 9.59 Å². The maximum atomic E-state index is 13.0. The van der Waals surface area contributed by atoms with E-state index in [0.29, 0.717) is 0 Å². The molecule has 1 N–H and O–H groups in total. The summed E-state index contributed by atoms with van der Waals surface area (Å²) in [5.74, 6) is -0.218. The monoisotopic (exact) mass is 336 g/mol. The van der Waals surface area contributed by atoms with Crippen LogP contribution >= 0.6 is 0 Å². The lowest BCUT2D eigenvalue weighted by molar-refractivity contribution is -0.131. The minimum Gasteiger partial charge on any atom is -0.319 e. The molecule has 0 saturated carbocycles. The number of benzene rings is 2. The molecule has 0 spiro atoms. The van der Waals surface area contributed by atoms with Crippen LogP contribution in [0.3, 0.4) is 0 Å². The number of urea groups is 1. The number of carbonyl (C=O) groups excluding carboxylic acids is 2. The molecule has 1 heterocycles. The summed E-state index contributed by atoms with van der Waals surface area (Å²) in [7, 11) is 0. The molecule has 0 radical (unpaired) electrons. The Morgan fingerprint density at radius 3 is 2.12 bits per heavy atom. The lowest BCUT2D eigenvalue weighted by Crippen LogP contribution is -2.40. The standard InChI is InChI=1S/C21H24N2O2/c1-20(2,3)16-10-12-17(13-11-16)21(4)18(24)23(19(25)22-21)14-15-8-6-5-7-9-15/h5-13H,14H2,1-4H3,(H,22,25). The molecule has 4 heteroatoms. The number of nitrogens with one attached hydrogen (secondary N) is 1. The van der Waals surface area contributed by atoms with Gasteiger partial charge in [0.25, 0.3) is 5.91 Å². The zero-order valence-corrected chi connectivity index (χ0v) is 15.2. The van der Waals surface area contributed by atoms with Gasteiger partial charge in [-0.1, -0.05) is 75.4 Å². The lowest BCUT2D eigenvalue weighted by Gasteiger charge is -2.24. The number of amides is 3. The first kappa shape index (κ1) is 17.2. The first-order valence-corrected chi connectivity index (χ1v) is 8.51. The summed E-state index contributed by atoms with van der Waals surface area (Å²) in [6.07, 6.45) is 0. The molecule has 1 fully saturated rings. The van der Waals surface area contributed by atoms with Crippen molar-refractivity contribution in [2.45, 2.75) is 45.2 Å². The molecule has 4 nitrogen and oxygen atoms in total. The van der Waals surface area contributed by atoms with Crippen LogP contribution in [0.2, 0.25) is 0 Å².